The Balaban J connectivity index is 1.87. The molecule has 2 aromatic heterocycles. The van der Waals surface area contributed by atoms with Crippen molar-refractivity contribution < 1.29 is 9.53 Å². The first kappa shape index (κ1) is 15.4. The van der Waals surface area contributed by atoms with Gasteiger partial charge in [-0.25, -0.2) is 9.67 Å². The summed E-state index contributed by atoms with van der Waals surface area (Å²) < 4.78 is 7.31. The maximum atomic E-state index is 12.2. The normalized spacial score (nSPS) is 18.9. The van der Waals surface area contributed by atoms with Gasteiger partial charge in [0.25, 0.3) is 5.91 Å². The number of amides is 1. The van der Waals surface area contributed by atoms with Crippen molar-refractivity contribution in [3.05, 3.63) is 17.5 Å². The largest absolute Gasteiger partial charge is 0.381 e. The van der Waals surface area contributed by atoms with Crippen LogP contribution < -0.4 is 11.1 Å². The molecule has 7 heteroatoms. The zero-order valence-electron chi connectivity index (χ0n) is 13.9. The van der Waals surface area contributed by atoms with E-state index in [-0.39, 0.29) is 6.04 Å². The monoisotopic (exact) mass is 329 g/mol. The lowest BCUT2D eigenvalue weighted by molar-refractivity contribution is 0.0904. The molecule has 0 spiro atoms. The summed E-state index contributed by atoms with van der Waals surface area (Å²) in [5, 5.41) is 8.86. The minimum absolute atomic E-state index is 0.277. The van der Waals surface area contributed by atoms with Gasteiger partial charge in [-0.05, 0) is 32.6 Å². The van der Waals surface area contributed by atoms with Crippen LogP contribution in [0.15, 0.2) is 6.20 Å². The number of nitrogens with one attached hydrogen (secondary N) is 1. The molecule has 7 nitrogen and oxygen atoms in total. The van der Waals surface area contributed by atoms with Crippen LogP contribution in [-0.2, 0) is 11.3 Å². The maximum absolute atomic E-state index is 12.2. The lowest BCUT2D eigenvalue weighted by Crippen LogP contribution is -2.29. The summed E-state index contributed by atoms with van der Waals surface area (Å²) in [6, 6.07) is 0.277. The van der Waals surface area contributed by atoms with Crippen molar-refractivity contribution in [2.24, 2.45) is 5.73 Å². The van der Waals surface area contributed by atoms with Crippen LogP contribution >= 0.6 is 0 Å². The number of primary amides is 1. The molecule has 3 N–H and O–H groups in total. The van der Waals surface area contributed by atoms with E-state index < -0.39 is 5.91 Å². The zero-order chi connectivity index (χ0) is 16.7. The van der Waals surface area contributed by atoms with Crippen molar-refractivity contribution in [1.29, 1.82) is 0 Å². The van der Waals surface area contributed by atoms with Crippen LogP contribution in [0.4, 0.5) is 5.69 Å². The van der Waals surface area contributed by atoms with Gasteiger partial charge in [0.05, 0.1) is 28.5 Å². The Kier molecular flexibility index (Phi) is 3.88. The number of pyridine rings is 1. The Hall–Kier alpha value is -2.15. The molecular weight excluding hydrogens is 306 g/mol. The lowest BCUT2D eigenvalue weighted by Gasteiger charge is -2.26. The van der Waals surface area contributed by atoms with E-state index in [9.17, 15) is 4.79 Å². The molecule has 4 rings (SSSR count). The molecule has 0 unspecified atom stereocenters. The highest BCUT2D eigenvalue weighted by Gasteiger charge is 2.33. The molecule has 1 aliphatic heterocycles. The predicted octanol–water partition coefficient (Wildman–Crippen LogP) is 2.02. The van der Waals surface area contributed by atoms with Gasteiger partial charge in [-0.15, -0.1) is 0 Å². The van der Waals surface area contributed by atoms with Gasteiger partial charge in [-0.1, -0.05) is 0 Å². The van der Waals surface area contributed by atoms with Gasteiger partial charge < -0.3 is 15.8 Å². The molecule has 1 saturated heterocycles. The number of rotatable bonds is 5. The van der Waals surface area contributed by atoms with Gasteiger partial charge in [0.2, 0.25) is 0 Å². The SMILES string of the molecule is CCn1ncc2c(NC3CCOCC3)c(C(N)=O)c(C3CC3)nc21. The van der Waals surface area contributed by atoms with Gasteiger partial charge in [-0.2, -0.15) is 5.10 Å². The predicted molar refractivity (Wildman–Crippen MR) is 91.2 cm³/mol. The number of carbonyl (C=O) groups excluding carboxylic acids is 1. The zero-order valence-corrected chi connectivity index (χ0v) is 13.9. The van der Waals surface area contributed by atoms with E-state index in [0.717, 1.165) is 67.9 Å². The number of fused-ring (bicyclic) bond motifs is 1. The first-order chi connectivity index (χ1) is 11.7. The third-order valence-electron chi connectivity index (χ3n) is 4.89. The summed E-state index contributed by atoms with van der Waals surface area (Å²) in [4.78, 5) is 17.0. The van der Waals surface area contributed by atoms with Gasteiger partial charge >= 0.3 is 0 Å². The van der Waals surface area contributed by atoms with Crippen LogP contribution in [0.1, 0.15) is 54.6 Å². The van der Waals surface area contributed by atoms with E-state index in [0.29, 0.717) is 11.5 Å². The van der Waals surface area contributed by atoms with E-state index in [1.807, 2.05) is 11.6 Å². The molecule has 24 heavy (non-hydrogen) atoms. The minimum atomic E-state index is -0.412. The Labute approximate surface area is 140 Å². The molecular formula is C17H23N5O2. The van der Waals surface area contributed by atoms with E-state index in [1.165, 1.54) is 0 Å². The highest BCUT2D eigenvalue weighted by Crippen LogP contribution is 2.44. The number of anilines is 1. The van der Waals surface area contributed by atoms with Crippen LogP contribution in [0, 0.1) is 0 Å². The van der Waals surface area contributed by atoms with Gasteiger partial charge in [0.15, 0.2) is 5.65 Å². The van der Waals surface area contributed by atoms with Crippen molar-refractivity contribution in [1.82, 2.24) is 14.8 Å². The fourth-order valence-electron chi connectivity index (χ4n) is 3.43. The fourth-order valence-corrected chi connectivity index (χ4v) is 3.43. The molecule has 2 aliphatic rings. The number of aryl methyl sites for hydroxylation is 1. The Morgan fingerprint density at radius 3 is 2.75 bits per heavy atom. The van der Waals surface area contributed by atoms with E-state index in [2.05, 4.69) is 10.4 Å². The number of nitrogens with two attached hydrogens (primary N) is 1. The fraction of sp³-hybridized carbons (Fsp3) is 0.588. The first-order valence-electron chi connectivity index (χ1n) is 8.72. The number of hydrogen-bond donors (Lipinski definition) is 2. The van der Waals surface area contributed by atoms with Gasteiger partial charge in [-0.3, -0.25) is 4.79 Å². The average molecular weight is 329 g/mol. The number of ether oxygens (including phenoxy) is 1. The molecule has 3 heterocycles. The van der Waals surface area contributed by atoms with Gasteiger partial charge in [0.1, 0.15) is 0 Å². The summed E-state index contributed by atoms with van der Waals surface area (Å²) >= 11 is 0. The van der Waals surface area contributed by atoms with E-state index in [4.69, 9.17) is 15.5 Å². The molecule has 0 bridgehead atoms. The smallest absolute Gasteiger partial charge is 0.252 e. The molecule has 2 fully saturated rings. The minimum Gasteiger partial charge on any atom is -0.381 e. The Bertz CT molecular complexity index is 775. The number of carbonyl (C=O) groups is 1. The van der Waals surface area contributed by atoms with Crippen molar-refractivity contribution in [3.63, 3.8) is 0 Å². The second kappa shape index (κ2) is 6.05. The summed E-state index contributed by atoms with van der Waals surface area (Å²) in [6.07, 6.45) is 5.76. The molecule has 1 aliphatic carbocycles. The van der Waals surface area contributed by atoms with Crippen molar-refractivity contribution in [2.75, 3.05) is 18.5 Å². The molecule has 0 atom stereocenters. The third kappa shape index (κ3) is 2.62. The standard InChI is InChI=1S/C17H23N5O2/c1-2-22-17-12(9-19-22)15(20-11-5-7-24-8-6-11)13(16(18)23)14(21-17)10-3-4-10/h9-11H,2-8H2,1H3,(H2,18,23)(H,20,21). The van der Waals surface area contributed by atoms with Crippen molar-refractivity contribution in [2.45, 2.75) is 51.1 Å². The maximum Gasteiger partial charge on any atom is 0.252 e. The number of hydrogen-bond acceptors (Lipinski definition) is 5. The van der Waals surface area contributed by atoms with Crippen LogP contribution in [0.3, 0.4) is 0 Å². The van der Waals surface area contributed by atoms with Crippen LogP contribution in [0.5, 0.6) is 0 Å². The summed E-state index contributed by atoms with van der Waals surface area (Å²) in [7, 11) is 0. The van der Waals surface area contributed by atoms with E-state index in [1.54, 1.807) is 6.20 Å². The number of aromatic nitrogens is 3. The molecule has 2 aromatic rings. The second-order valence-corrected chi connectivity index (χ2v) is 6.61. The topological polar surface area (TPSA) is 95.1 Å². The van der Waals surface area contributed by atoms with Crippen molar-refractivity contribution in [3.8, 4) is 0 Å². The first-order valence-corrected chi connectivity index (χ1v) is 8.72. The molecule has 0 radical (unpaired) electrons. The third-order valence-corrected chi connectivity index (χ3v) is 4.89. The van der Waals surface area contributed by atoms with Crippen molar-refractivity contribution >= 4 is 22.6 Å². The highest BCUT2D eigenvalue weighted by atomic mass is 16.5. The van der Waals surface area contributed by atoms with Gasteiger partial charge in [0, 0.05) is 31.7 Å². The molecule has 1 saturated carbocycles. The van der Waals surface area contributed by atoms with E-state index >= 15 is 0 Å². The molecule has 0 aromatic carbocycles. The summed E-state index contributed by atoms with van der Waals surface area (Å²) in [6.45, 7) is 4.26. The lowest BCUT2D eigenvalue weighted by atomic mass is 10.0. The quantitative estimate of drug-likeness (QED) is 0.875. The van der Waals surface area contributed by atoms with Crippen LogP contribution in [0.2, 0.25) is 0 Å². The molecule has 1 amide bonds. The summed E-state index contributed by atoms with van der Waals surface area (Å²) in [5.41, 5.74) is 8.77. The molecule has 128 valence electrons. The average Bonchev–Trinajstić information content (AvgIpc) is 3.35. The number of nitrogens with zero attached hydrogens (tertiary/aromatic N) is 3. The Morgan fingerprint density at radius 1 is 1.38 bits per heavy atom. The highest BCUT2D eigenvalue weighted by molar-refractivity contribution is 6.07. The van der Waals surface area contributed by atoms with Crippen LogP contribution in [-0.4, -0.2) is 39.9 Å². The summed E-state index contributed by atoms with van der Waals surface area (Å²) in [5.74, 6) is -0.0718. The second-order valence-electron chi connectivity index (χ2n) is 6.61. The van der Waals surface area contributed by atoms with Crippen LogP contribution in [0.25, 0.3) is 11.0 Å². The Morgan fingerprint density at radius 2 is 2.12 bits per heavy atom.